The summed E-state index contributed by atoms with van der Waals surface area (Å²) in [6, 6.07) is 1.52. The van der Waals surface area contributed by atoms with E-state index in [1.807, 2.05) is 6.92 Å². The van der Waals surface area contributed by atoms with Crippen LogP contribution in [0.4, 0.5) is 0 Å². The SMILES string of the molecule is COC(=O)C(C)(CC(C)N1CCCCCC1C)NC1CC1. The lowest BCUT2D eigenvalue weighted by molar-refractivity contribution is -0.149. The van der Waals surface area contributed by atoms with Gasteiger partial charge in [0, 0.05) is 18.1 Å². The van der Waals surface area contributed by atoms with E-state index in [1.165, 1.54) is 45.6 Å². The second-order valence-electron chi connectivity index (χ2n) is 7.23. The molecule has 1 N–H and O–H groups in total. The van der Waals surface area contributed by atoms with Gasteiger partial charge in [-0.05, 0) is 59.4 Å². The van der Waals surface area contributed by atoms with E-state index in [0.29, 0.717) is 18.1 Å². The van der Waals surface area contributed by atoms with E-state index in [2.05, 4.69) is 24.1 Å². The maximum Gasteiger partial charge on any atom is 0.325 e. The zero-order valence-electron chi connectivity index (χ0n) is 14.2. The molecule has 0 aromatic rings. The van der Waals surface area contributed by atoms with Gasteiger partial charge in [-0.2, -0.15) is 0 Å². The number of methoxy groups -OCH3 is 1. The van der Waals surface area contributed by atoms with Crippen LogP contribution < -0.4 is 5.32 Å². The normalized spacial score (nSPS) is 28.5. The van der Waals surface area contributed by atoms with Crippen molar-refractivity contribution >= 4 is 5.97 Å². The summed E-state index contributed by atoms with van der Waals surface area (Å²) in [6.07, 6.45) is 8.40. The Morgan fingerprint density at radius 1 is 1.33 bits per heavy atom. The zero-order valence-corrected chi connectivity index (χ0v) is 14.2. The van der Waals surface area contributed by atoms with Crippen molar-refractivity contribution in [2.45, 2.75) is 89.4 Å². The van der Waals surface area contributed by atoms with Gasteiger partial charge in [-0.1, -0.05) is 12.8 Å². The molecule has 2 fully saturated rings. The van der Waals surface area contributed by atoms with Crippen molar-refractivity contribution < 1.29 is 9.53 Å². The number of rotatable bonds is 6. The molecule has 4 nitrogen and oxygen atoms in total. The smallest absolute Gasteiger partial charge is 0.325 e. The van der Waals surface area contributed by atoms with Crippen LogP contribution in [0.15, 0.2) is 0 Å². The number of hydrogen-bond acceptors (Lipinski definition) is 4. The van der Waals surface area contributed by atoms with Gasteiger partial charge in [0.25, 0.3) is 0 Å². The molecule has 21 heavy (non-hydrogen) atoms. The van der Waals surface area contributed by atoms with Crippen LogP contribution in [0.5, 0.6) is 0 Å². The highest BCUT2D eigenvalue weighted by Gasteiger charge is 2.41. The summed E-state index contributed by atoms with van der Waals surface area (Å²) < 4.78 is 5.06. The fourth-order valence-electron chi connectivity index (χ4n) is 3.76. The van der Waals surface area contributed by atoms with Crippen LogP contribution in [-0.2, 0) is 9.53 Å². The van der Waals surface area contributed by atoms with Gasteiger partial charge in [-0.3, -0.25) is 15.0 Å². The van der Waals surface area contributed by atoms with Crippen molar-refractivity contribution in [3.8, 4) is 0 Å². The van der Waals surface area contributed by atoms with Crippen LogP contribution >= 0.6 is 0 Å². The molecule has 1 aliphatic heterocycles. The molecular weight excluding hydrogens is 264 g/mol. The van der Waals surface area contributed by atoms with Crippen LogP contribution in [0.3, 0.4) is 0 Å². The molecule has 4 heteroatoms. The minimum absolute atomic E-state index is 0.122. The lowest BCUT2D eigenvalue weighted by Gasteiger charge is -2.38. The summed E-state index contributed by atoms with van der Waals surface area (Å²) in [5, 5.41) is 3.52. The minimum Gasteiger partial charge on any atom is -0.468 e. The standard InChI is InChI=1S/C17H32N2O2/c1-13-8-6-5-7-11-19(13)14(2)12-17(3,16(20)21-4)18-15-9-10-15/h13-15,18H,5-12H2,1-4H3. The zero-order chi connectivity index (χ0) is 15.5. The maximum atomic E-state index is 12.3. The predicted molar refractivity (Wildman–Crippen MR) is 85.3 cm³/mol. The fraction of sp³-hybridized carbons (Fsp3) is 0.941. The number of esters is 1. The van der Waals surface area contributed by atoms with E-state index in [-0.39, 0.29) is 5.97 Å². The summed E-state index contributed by atoms with van der Waals surface area (Å²) in [4.78, 5) is 14.8. The summed E-state index contributed by atoms with van der Waals surface area (Å²) in [5.41, 5.74) is -0.554. The van der Waals surface area contributed by atoms with Gasteiger partial charge >= 0.3 is 5.97 Å². The number of nitrogens with zero attached hydrogens (tertiary/aromatic N) is 1. The van der Waals surface area contributed by atoms with Gasteiger partial charge in [0.1, 0.15) is 5.54 Å². The molecular formula is C17H32N2O2. The third-order valence-corrected chi connectivity index (χ3v) is 5.11. The van der Waals surface area contributed by atoms with Crippen molar-refractivity contribution in [2.75, 3.05) is 13.7 Å². The Bertz CT molecular complexity index is 357. The number of carbonyl (C=O) groups is 1. The summed E-state index contributed by atoms with van der Waals surface area (Å²) in [7, 11) is 1.49. The van der Waals surface area contributed by atoms with Gasteiger partial charge < -0.3 is 4.74 Å². The fourth-order valence-corrected chi connectivity index (χ4v) is 3.76. The molecule has 0 radical (unpaired) electrons. The molecule has 2 rings (SSSR count). The molecule has 0 spiro atoms. The van der Waals surface area contributed by atoms with E-state index in [4.69, 9.17) is 4.74 Å². The number of likely N-dealkylation sites (tertiary alicyclic amines) is 1. The monoisotopic (exact) mass is 296 g/mol. The Kier molecular flexibility index (Phi) is 5.67. The van der Waals surface area contributed by atoms with E-state index in [0.717, 1.165) is 13.0 Å². The predicted octanol–water partition coefficient (Wildman–Crippen LogP) is 2.71. The Balaban J connectivity index is 2.01. The Hall–Kier alpha value is -0.610. The maximum absolute atomic E-state index is 12.3. The Morgan fingerprint density at radius 2 is 2.05 bits per heavy atom. The molecule has 3 unspecified atom stereocenters. The number of carbonyl (C=O) groups excluding carboxylic acids is 1. The summed E-state index contributed by atoms with van der Waals surface area (Å²) in [5.74, 6) is -0.122. The average Bonchev–Trinajstić information content (AvgIpc) is 3.25. The van der Waals surface area contributed by atoms with Gasteiger partial charge in [0.2, 0.25) is 0 Å². The second-order valence-corrected chi connectivity index (χ2v) is 7.23. The first kappa shape index (κ1) is 16.8. The third-order valence-electron chi connectivity index (χ3n) is 5.11. The van der Waals surface area contributed by atoms with Crippen molar-refractivity contribution in [3.63, 3.8) is 0 Å². The first-order valence-corrected chi connectivity index (χ1v) is 8.58. The lowest BCUT2D eigenvalue weighted by atomic mass is 9.91. The summed E-state index contributed by atoms with van der Waals surface area (Å²) in [6.45, 7) is 7.75. The lowest BCUT2D eigenvalue weighted by Crippen LogP contribution is -2.55. The quantitative estimate of drug-likeness (QED) is 0.765. The molecule has 1 saturated heterocycles. The molecule has 0 aromatic heterocycles. The number of ether oxygens (including phenoxy) is 1. The molecule has 0 bridgehead atoms. The van der Waals surface area contributed by atoms with Gasteiger partial charge in [0.05, 0.1) is 7.11 Å². The van der Waals surface area contributed by atoms with E-state index in [1.54, 1.807) is 0 Å². The van der Waals surface area contributed by atoms with Gasteiger partial charge in [0.15, 0.2) is 0 Å². The van der Waals surface area contributed by atoms with Crippen molar-refractivity contribution in [2.24, 2.45) is 0 Å². The first-order chi connectivity index (χ1) is 9.96. The van der Waals surface area contributed by atoms with Gasteiger partial charge in [-0.25, -0.2) is 0 Å². The van der Waals surface area contributed by atoms with E-state index < -0.39 is 5.54 Å². The van der Waals surface area contributed by atoms with Crippen molar-refractivity contribution in [3.05, 3.63) is 0 Å². The highest BCUT2D eigenvalue weighted by atomic mass is 16.5. The van der Waals surface area contributed by atoms with Crippen LogP contribution in [0.25, 0.3) is 0 Å². The van der Waals surface area contributed by atoms with Crippen LogP contribution in [-0.4, -0.2) is 48.2 Å². The highest BCUT2D eigenvalue weighted by molar-refractivity contribution is 5.80. The number of hydrogen-bond donors (Lipinski definition) is 1. The molecule has 122 valence electrons. The van der Waals surface area contributed by atoms with Crippen LogP contribution in [0.2, 0.25) is 0 Å². The Labute approximate surface area is 129 Å². The van der Waals surface area contributed by atoms with Crippen LogP contribution in [0.1, 0.15) is 65.7 Å². The molecule has 1 heterocycles. The van der Waals surface area contributed by atoms with E-state index >= 15 is 0 Å². The molecule has 3 atom stereocenters. The van der Waals surface area contributed by atoms with E-state index in [9.17, 15) is 4.79 Å². The van der Waals surface area contributed by atoms with Crippen molar-refractivity contribution in [1.29, 1.82) is 0 Å². The molecule has 0 aromatic carbocycles. The highest BCUT2D eigenvalue weighted by Crippen LogP contribution is 2.28. The summed E-state index contributed by atoms with van der Waals surface area (Å²) >= 11 is 0. The minimum atomic E-state index is -0.554. The molecule has 1 aliphatic carbocycles. The van der Waals surface area contributed by atoms with Crippen LogP contribution in [0, 0.1) is 0 Å². The molecule has 2 aliphatic rings. The molecule has 0 amide bonds. The molecule has 1 saturated carbocycles. The number of nitrogens with one attached hydrogen (secondary N) is 1. The third kappa shape index (κ3) is 4.43. The second kappa shape index (κ2) is 7.10. The topological polar surface area (TPSA) is 41.6 Å². The first-order valence-electron chi connectivity index (χ1n) is 8.58. The van der Waals surface area contributed by atoms with Crippen molar-refractivity contribution in [1.82, 2.24) is 10.2 Å². The van der Waals surface area contributed by atoms with Gasteiger partial charge in [-0.15, -0.1) is 0 Å². The largest absolute Gasteiger partial charge is 0.468 e. The average molecular weight is 296 g/mol. The Morgan fingerprint density at radius 3 is 2.67 bits per heavy atom.